The minimum absolute atomic E-state index is 0.0729. The minimum Gasteiger partial charge on any atom is -0.335 e. The van der Waals surface area contributed by atoms with Gasteiger partial charge in [-0.1, -0.05) is 38.2 Å². The number of nitrogens with zero attached hydrogens (tertiary/aromatic N) is 1. The smallest absolute Gasteiger partial charge is 0.315 e. The van der Waals surface area contributed by atoms with E-state index in [4.69, 9.17) is 0 Å². The standard InChI is InChI=1S/C15H23N3O/c19-15(17-12-14-10-6-7-11-16-14)18-13-8-4-2-1-3-5-9-13/h6-7,10-11,13H,1-5,8-9,12H2,(H2,17,18,19). The lowest BCUT2D eigenvalue weighted by atomic mass is 9.97. The predicted octanol–water partition coefficient (Wildman–Crippen LogP) is 2.99. The van der Waals surface area contributed by atoms with Crippen LogP contribution in [-0.2, 0) is 6.54 Å². The summed E-state index contributed by atoms with van der Waals surface area (Å²) in [6, 6.07) is 5.98. The molecule has 4 heteroatoms. The number of amides is 2. The molecule has 19 heavy (non-hydrogen) atoms. The molecule has 0 saturated heterocycles. The van der Waals surface area contributed by atoms with Crippen LogP contribution in [0.1, 0.15) is 50.6 Å². The van der Waals surface area contributed by atoms with Gasteiger partial charge in [0, 0.05) is 12.2 Å². The van der Waals surface area contributed by atoms with E-state index >= 15 is 0 Å². The Bertz CT molecular complexity index is 372. The highest BCUT2D eigenvalue weighted by molar-refractivity contribution is 5.74. The molecule has 1 heterocycles. The number of nitrogens with one attached hydrogen (secondary N) is 2. The van der Waals surface area contributed by atoms with E-state index in [0.717, 1.165) is 18.5 Å². The van der Waals surface area contributed by atoms with Crippen LogP contribution >= 0.6 is 0 Å². The third kappa shape index (κ3) is 5.28. The molecule has 1 aromatic heterocycles. The molecule has 1 aliphatic carbocycles. The first kappa shape index (κ1) is 13.8. The van der Waals surface area contributed by atoms with Crippen molar-refractivity contribution in [2.45, 2.75) is 57.5 Å². The molecule has 0 atom stereocenters. The van der Waals surface area contributed by atoms with E-state index in [2.05, 4.69) is 15.6 Å². The summed E-state index contributed by atoms with van der Waals surface area (Å²) in [5, 5.41) is 5.95. The van der Waals surface area contributed by atoms with Crippen LogP contribution in [0.25, 0.3) is 0 Å². The van der Waals surface area contributed by atoms with Gasteiger partial charge in [-0.2, -0.15) is 0 Å². The van der Waals surface area contributed by atoms with Gasteiger partial charge >= 0.3 is 6.03 Å². The first-order valence-corrected chi connectivity index (χ1v) is 7.29. The number of hydrogen-bond acceptors (Lipinski definition) is 2. The van der Waals surface area contributed by atoms with Gasteiger partial charge in [-0.3, -0.25) is 4.98 Å². The molecule has 2 rings (SSSR count). The van der Waals surface area contributed by atoms with Crippen LogP contribution in [0.2, 0.25) is 0 Å². The Morgan fingerprint density at radius 2 is 1.89 bits per heavy atom. The summed E-state index contributed by atoms with van der Waals surface area (Å²) in [6.07, 6.45) is 10.4. The minimum atomic E-state index is -0.0729. The van der Waals surface area contributed by atoms with Crippen molar-refractivity contribution in [2.75, 3.05) is 0 Å². The number of urea groups is 1. The van der Waals surface area contributed by atoms with Gasteiger partial charge in [-0.15, -0.1) is 0 Å². The maximum absolute atomic E-state index is 11.8. The second-order valence-electron chi connectivity index (χ2n) is 5.19. The molecule has 1 aliphatic rings. The van der Waals surface area contributed by atoms with Crippen molar-refractivity contribution in [1.82, 2.24) is 15.6 Å². The zero-order valence-electron chi connectivity index (χ0n) is 11.4. The van der Waals surface area contributed by atoms with Crippen LogP contribution in [-0.4, -0.2) is 17.1 Å². The van der Waals surface area contributed by atoms with Crippen molar-refractivity contribution in [3.05, 3.63) is 30.1 Å². The predicted molar refractivity (Wildman–Crippen MR) is 75.7 cm³/mol. The van der Waals surface area contributed by atoms with Crippen molar-refractivity contribution in [1.29, 1.82) is 0 Å². The zero-order chi connectivity index (χ0) is 13.3. The molecular weight excluding hydrogens is 238 g/mol. The van der Waals surface area contributed by atoms with Gasteiger partial charge in [-0.05, 0) is 25.0 Å². The molecule has 4 nitrogen and oxygen atoms in total. The van der Waals surface area contributed by atoms with E-state index in [1.165, 1.54) is 32.1 Å². The first-order chi connectivity index (χ1) is 9.34. The third-order valence-electron chi connectivity index (χ3n) is 3.60. The summed E-state index contributed by atoms with van der Waals surface area (Å²) < 4.78 is 0. The van der Waals surface area contributed by atoms with Gasteiger partial charge in [0.15, 0.2) is 0 Å². The average molecular weight is 261 g/mol. The van der Waals surface area contributed by atoms with E-state index in [9.17, 15) is 4.79 Å². The fourth-order valence-electron chi connectivity index (χ4n) is 2.51. The molecule has 0 bridgehead atoms. The summed E-state index contributed by atoms with van der Waals surface area (Å²) in [6.45, 7) is 0.486. The second-order valence-corrected chi connectivity index (χ2v) is 5.19. The summed E-state index contributed by atoms with van der Waals surface area (Å²) in [5.74, 6) is 0. The Hall–Kier alpha value is -1.58. The lowest BCUT2D eigenvalue weighted by molar-refractivity contribution is 0.233. The van der Waals surface area contributed by atoms with Crippen molar-refractivity contribution >= 4 is 6.03 Å². The van der Waals surface area contributed by atoms with Crippen LogP contribution in [0.15, 0.2) is 24.4 Å². The van der Waals surface area contributed by atoms with Gasteiger partial charge in [0.2, 0.25) is 0 Å². The van der Waals surface area contributed by atoms with Crippen molar-refractivity contribution in [3.63, 3.8) is 0 Å². The molecule has 1 fully saturated rings. The third-order valence-corrected chi connectivity index (χ3v) is 3.60. The number of rotatable bonds is 3. The van der Waals surface area contributed by atoms with E-state index in [1.54, 1.807) is 6.20 Å². The van der Waals surface area contributed by atoms with Crippen LogP contribution in [0.4, 0.5) is 4.79 Å². The fraction of sp³-hybridized carbons (Fsp3) is 0.600. The number of aromatic nitrogens is 1. The average Bonchev–Trinajstić information content (AvgIpc) is 2.41. The first-order valence-electron chi connectivity index (χ1n) is 7.29. The molecule has 0 spiro atoms. The van der Waals surface area contributed by atoms with Gasteiger partial charge in [0.25, 0.3) is 0 Å². The Labute approximate surface area is 115 Å². The SMILES string of the molecule is O=C(NCc1ccccn1)NC1CCCCCCC1. The topological polar surface area (TPSA) is 54.0 Å². The molecule has 2 amide bonds. The summed E-state index contributed by atoms with van der Waals surface area (Å²) in [7, 11) is 0. The molecule has 0 aliphatic heterocycles. The quantitative estimate of drug-likeness (QED) is 0.878. The maximum atomic E-state index is 11.8. The number of pyridine rings is 1. The van der Waals surface area contributed by atoms with Crippen molar-refractivity contribution < 1.29 is 4.79 Å². The molecular formula is C15H23N3O. The van der Waals surface area contributed by atoms with Crippen molar-refractivity contribution in [2.24, 2.45) is 0 Å². The van der Waals surface area contributed by atoms with Gasteiger partial charge < -0.3 is 10.6 Å². The highest BCUT2D eigenvalue weighted by Crippen LogP contribution is 2.16. The van der Waals surface area contributed by atoms with E-state index in [-0.39, 0.29) is 6.03 Å². The fourth-order valence-corrected chi connectivity index (χ4v) is 2.51. The monoisotopic (exact) mass is 261 g/mol. The Morgan fingerprint density at radius 3 is 2.58 bits per heavy atom. The Balaban J connectivity index is 1.71. The molecule has 0 aromatic carbocycles. The summed E-state index contributed by atoms with van der Waals surface area (Å²) >= 11 is 0. The Morgan fingerprint density at radius 1 is 1.16 bits per heavy atom. The van der Waals surface area contributed by atoms with Crippen LogP contribution in [0, 0.1) is 0 Å². The van der Waals surface area contributed by atoms with Gasteiger partial charge in [-0.25, -0.2) is 4.79 Å². The number of hydrogen-bond donors (Lipinski definition) is 2. The molecule has 2 N–H and O–H groups in total. The highest BCUT2D eigenvalue weighted by Gasteiger charge is 2.13. The molecule has 0 unspecified atom stereocenters. The number of carbonyl (C=O) groups excluding carboxylic acids is 1. The molecule has 0 radical (unpaired) electrons. The van der Waals surface area contributed by atoms with Gasteiger partial charge in [0.05, 0.1) is 12.2 Å². The normalized spacial score (nSPS) is 17.3. The molecule has 1 aromatic rings. The number of carbonyl (C=O) groups is 1. The summed E-state index contributed by atoms with van der Waals surface area (Å²) in [5.41, 5.74) is 0.885. The highest BCUT2D eigenvalue weighted by atomic mass is 16.2. The van der Waals surface area contributed by atoms with E-state index in [1.807, 2.05) is 18.2 Å². The van der Waals surface area contributed by atoms with Crippen LogP contribution < -0.4 is 10.6 Å². The lowest BCUT2D eigenvalue weighted by Crippen LogP contribution is -2.42. The molecule has 104 valence electrons. The molecule has 1 saturated carbocycles. The maximum Gasteiger partial charge on any atom is 0.315 e. The largest absolute Gasteiger partial charge is 0.335 e. The van der Waals surface area contributed by atoms with E-state index in [0.29, 0.717) is 12.6 Å². The van der Waals surface area contributed by atoms with Crippen LogP contribution in [0.3, 0.4) is 0 Å². The van der Waals surface area contributed by atoms with Gasteiger partial charge in [0.1, 0.15) is 0 Å². The van der Waals surface area contributed by atoms with E-state index < -0.39 is 0 Å². The van der Waals surface area contributed by atoms with Crippen molar-refractivity contribution in [3.8, 4) is 0 Å². The lowest BCUT2D eigenvalue weighted by Gasteiger charge is -2.21. The summed E-state index contributed by atoms with van der Waals surface area (Å²) in [4.78, 5) is 16.0. The zero-order valence-corrected chi connectivity index (χ0v) is 11.4. The second kappa shape index (κ2) is 7.77. The Kier molecular flexibility index (Phi) is 5.66. The van der Waals surface area contributed by atoms with Crippen LogP contribution in [0.5, 0.6) is 0 Å².